The number of amides is 1. The van der Waals surface area contributed by atoms with Gasteiger partial charge in [0.1, 0.15) is 5.56 Å². The first kappa shape index (κ1) is 20.2. The molecule has 1 heterocycles. The molecule has 150 valence electrons. The van der Waals surface area contributed by atoms with Crippen LogP contribution in [0.25, 0.3) is 10.9 Å². The molecule has 0 aliphatic carbocycles. The molecule has 6 heteroatoms. The van der Waals surface area contributed by atoms with Gasteiger partial charge in [-0.1, -0.05) is 53.5 Å². The zero-order valence-electron chi connectivity index (χ0n) is 15.9. The maximum Gasteiger partial charge on any atom is 0.257 e. The van der Waals surface area contributed by atoms with Crippen molar-refractivity contribution in [3.8, 4) is 0 Å². The maximum absolute atomic E-state index is 12.8. The normalized spacial score (nSPS) is 10.9. The van der Waals surface area contributed by atoms with Gasteiger partial charge in [-0.05, 0) is 59.5 Å². The molecular weight excluding hydrogens is 419 g/mol. The third-order valence-corrected chi connectivity index (χ3v) is 5.38. The summed E-state index contributed by atoms with van der Waals surface area (Å²) in [5, 5.41) is 4.59. The van der Waals surface area contributed by atoms with E-state index in [4.69, 9.17) is 23.2 Å². The van der Waals surface area contributed by atoms with Crippen LogP contribution in [-0.2, 0) is 13.0 Å². The van der Waals surface area contributed by atoms with E-state index >= 15 is 0 Å². The minimum Gasteiger partial charge on any atom is -0.360 e. The van der Waals surface area contributed by atoms with E-state index in [0.717, 1.165) is 23.1 Å². The number of benzene rings is 3. The number of aromatic amines is 1. The standard InChI is InChI=1S/C24H18Cl2N2O2/c25-18-6-1-15(2-7-18)11-17-5-10-20-22(12-17)27-14-21(23(20)29)24(30)28-13-16-3-8-19(26)9-4-16/h1-10,12,14H,11,13H2,(H,27,29)(H,28,30). The molecule has 1 amide bonds. The van der Waals surface area contributed by atoms with Crippen LogP contribution in [0.15, 0.2) is 77.7 Å². The molecule has 0 unspecified atom stereocenters. The first-order valence-electron chi connectivity index (χ1n) is 9.41. The number of hydrogen-bond acceptors (Lipinski definition) is 2. The topological polar surface area (TPSA) is 62.0 Å². The third kappa shape index (κ3) is 4.56. The predicted molar refractivity (Wildman–Crippen MR) is 121 cm³/mol. The number of carbonyl (C=O) groups excluding carboxylic acids is 1. The molecule has 1 aromatic heterocycles. The van der Waals surface area contributed by atoms with Crippen molar-refractivity contribution in [2.45, 2.75) is 13.0 Å². The number of aromatic nitrogens is 1. The Bertz CT molecular complexity index is 1260. The molecular formula is C24H18Cl2N2O2. The van der Waals surface area contributed by atoms with E-state index in [2.05, 4.69) is 10.3 Å². The molecule has 0 atom stereocenters. The summed E-state index contributed by atoms with van der Waals surface area (Å²) < 4.78 is 0. The highest BCUT2D eigenvalue weighted by Gasteiger charge is 2.13. The third-order valence-electron chi connectivity index (χ3n) is 4.88. The number of nitrogens with one attached hydrogen (secondary N) is 2. The van der Waals surface area contributed by atoms with Crippen molar-refractivity contribution in [1.29, 1.82) is 0 Å². The fraction of sp³-hybridized carbons (Fsp3) is 0.0833. The van der Waals surface area contributed by atoms with Gasteiger partial charge in [-0.2, -0.15) is 0 Å². The van der Waals surface area contributed by atoms with E-state index in [0.29, 0.717) is 27.5 Å². The Kier molecular flexibility index (Phi) is 5.88. The highest BCUT2D eigenvalue weighted by molar-refractivity contribution is 6.30. The monoisotopic (exact) mass is 436 g/mol. The Morgan fingerprint density at radius 2 is 1.43 bits per heavy atom. The molecule has 30 heavy (non-hydrogen) atoms. The number of rotatable bonds is 5. The second-order valence-electron chi connectivity index (χ2n) is 7.02. The van der Waals surface area contributed by atoms with Gasteiger partial charge in [0, 0.05) is 33.7 Å². The van der Waals surface area contributed by atoms with Crippen molar-refractivity contribution in [3.63, 3.8) is 0 Å². The van der Waals surface area contributed by atoms with E-state index in [1.807, 2.05) is 48.5 Å². The number of halogens is 2. The van der Waals surface area contributed by atoms with Gasteiger partial charge in [0.05, 0.1) is 0 Å². The number of fused-ring (bicyclic) bond motifs is 1. The van der Waals surface area contributed by atoms with Crippen LogP contribution in [0.2, 0.25) is 10.0 Å². The van der Waals surface area contributed by atoms with Crippen molar-refractivity contribution < 1.29 is 4.79 Å². The summed E-state index contributed by atoms with van der Waals surface area (Å²) >= 11 is 11.8. The molecule has 0 radical (unpaired) electrons. The van der Waals surface area contributed by atoms with Gasteiger partial charge in [0.15, 0.2) is 0 Å². The minimum absolute atomic E-state index is 0.0851. The Hall–Kier alpha value is -3.08. The van der Waals surface area contributed by atoms with Gasteiger partial charge in [0.2, 0.25) is 5.43 Å². The average Bonchev–Trinajstić information content (AvgIpc) is 2.75. The van der Waals surface area contributed by atoms with Crippen LogP contribution in [0.3, 0.4) is 0 Å². The molecule has 0 aliphatic heterocycles. The molecule has 0 aliphatic rings. The van der Waals surface area contributed by atoms with Gasteiger partial charge in [0.25, 0.3) is 5.91 Å². The van der Waals surface area contributed by atoms with Crippen molar-refractivity contribution in [2.24, 2.45) is 0 Å². The molecule has 4 rings (SSSR count). The Morgan fingerprint density at radius 3 is 2.10 bits per heavy atom. The molecule has 4 aromatic rings. The van der Waals surface area contributed by atoms with Gasteiger partial charge in [-0.25, -0.2) is 0 Å². The minimum atomic E-state index is -0.418. The van der Waals surface area contributed by atoms with Crippen molar-refractivity contribution in [2.75, 3.05) is 0 Å². The molecule has 3 aromatic carbocycles. The lowest BCUT2D eigenvalue weighted by molar-refractivity contribution is 0.0949. The summed E-state index contributed by atoms with van der Waals surface area (Å²) in [7, 11) is 0. The molecule has 0 saturated heterocycles. The highest BCUT2D eigenvalue weighted by Crippen LogP contribution is 2.17. The van der Waals surface area contributed by atoms with Crippen molar-refractivity contribution in [1.82, 2.24) is 10.3 Å². The molecule has 0 fully saturated rings. The lowest BCUT2D eigenvalue weighted by Crippen LogP contribution is -2.28. The predicted octanol–water partition coefficient (Wildman–Crippen LogP) is 5.36. The van der Waals surface area contributed by atoms with E-state index in [9.17, 15) is 9.59 Å². The van der Waals surface area contributed by atoms with Crippen LogP contribution >= 0.6 is 23.2 Å². The number of carbonyl (C=O) groups is 1. The second-order valence-corrected chi connectivity index (χ2v) is 7.90. The Labute approximate surface area is 183 Å². The zero-order valence-corrected chi connectivity index (χ0v) is 17.4. The fourth-order valence-corrected chi connectivity index (χ4v) is 3.52. The molecule has 2 N–H and O–H groups in total. The van der Waals surface area contributed by atoms with Gasteiger partial charge in [-0.3, -0.25) is 9.59 Å². The molecule has 0 spiro atoms. The highest BCUT2D eigenvalue weighted by atomic mass is 35.5. The van der Waals surface area contributed by atoms with Crippen LogP contribution in [0.4, 0.5) is 0 Å². The van der Waals surface area contributed by atoms with Crippen LogP contribution in [0.1, 0.15) is 27.0 Å². The van der Waals surface area contributed by atoms with Gasteiger partial charge >= 0.3 is 0 Å². The van der Waals surface area contributed by atoms with Crippen molar-refractivity contribution >= 4 is 40.0 Å². The molecule has 0 saturated carbocycles. The quantitative estimate of drug-likeness (QED) is 0.442. The smallest absolute Gasteiger partial charge is 0.257 e. The summed E-state index contributed by atoms with van der Waals surface area (Å²) in [6.07, 6.45) is 2.19. The summed E-state index contributed by atoms with van der Waals surface area (Å²) in [6, 6.07) is 20.4. The number of hydrogen-bond donors (Lipinski definition) is 2. The van der Waals surface area contributed by atoms with Gasteiger partial charge < -0.3 is 10.3 Å². The zero-order chi connectivity index (χ0) is 21.1. The van der Waals surface area contributed by atoms with Crippen LogP contribution in [-0.4, -0.2) is 10.9 Å². The first-order valence-corrected chi connectivity index (χ1v) is 10.2. The summed E-state index contributed by atoms with van der Waals surface area (Å²) in [6.45, 7) is 0.313. The average molecular weight is 437 g/mol. The SMILES string of the molecule is O=C(NCc1ccc(Cl)cc1)c1c[nH]c2cc(Cc3ccc(Cl)cc3)ccc2c1=O. The van der Waals surface area contributed by atoms with Crippen molar-refractivity contribution in [3.05, 3.63) is 115 Å². The molecule has 4 nitrogen and oxygen atoms in total. The maximum atomic E-state index is 12.8. The summed E-state index contributed by atoms with van der Waals surface area (Å²) in [4.78, 5) is 28.4. The summed E-state index contributed by atoms with van der Waals surface area (Å²) in [5.74, 6) is -0.418. The second kappa shape index (κ2) is 8.74. The van der Waals surface area contributed by atoms with Crippen LogP contribution < -0.4 is 10.7 Å². The molecule has 0 bridgehead atoms. The van der Waals surface area contributed by atoms with E-state index in [1.165, 1.54) is 6.20 Å². The summed E-state index contributed by atoms with van der Waals surface area (Å²) in [5.41, 5.74) is 3.56. The van der Waals surface area contributed by atoms with Crippen LogP contribution in [0, 0.1) is 0 Å². The fourth-order valence-electron chi connectivity index (χ4n) is 3.27. The lowest BCUT2D eigenvalue weighted by Gasteiger charge is -2.08. The van der Waals surface area contributed by atoms with Crippen LogP contribution in [0.5, 0.6) is 0 Å². The lowest BCUT2D eigenvalue weighted by atomic mass is 10.0. The van der Waals surface area contributed by atoms with Gasteiger partial charge in [-0.15, -0.1) is 0 Å². The number of H-pyrrole nitrogens is 1. The number of pyridine rings is 1. The van der Waals surface area contributed by atoms with E-state index in [1.54, 1.807) is 18.2 Å². The largest absolute Gasteiger partial charge is 0.360 e. The van der Waals surface area contributed by atoms with E-state index in [-0.39, 0.29) is 11.0 Å². The Balaban J connectivity index is 1.53. The van der Waals surface area contributed by atoms with E-state index < -0.39 is 5.91 Å². The first-order chi connectivity index (χ1) is 14.5. The Morgan fingerprint density at radius 1 is 0.833 bits per heavy atom.